The van der Waals surface area contributed by atoms with Crippen LogP contribution in [0.25, 0.3) is 10.8 Å². The van der Waals surface area contributed by atoms with Crippen molar-refractivity contribution in [2.24, 2.45) is 0 Å². The van der Waals surface area contributed by atoms with Crippen molar-refractivity contribution in [2.75, 3.05) is 7.05 Å². The van der Waals surface area contributed by atoms with Gasteiger partial charge in [-0.1, -0.05) is 48.5 Å². The fraction of sp³-hybridized carbons (Fsp3) is 0.222. The van der Waals surface area contributed by atoms with Gasteiger partial charge >= 0.3 is 0 Å². The van der Waals surface area contributed by atoms with E-state index in [9.17, 15) is 0 Å². The van der Waals surface area contributed by atoms with Gasteiger partial charge < -0.3 is 10.2 Å². The van der Waals surface area contributed by atoms with Crippen LogP contribution in [0.5, 0.6) is 0 Å². The van der Waals surface area contributed by atoms with Gasteiger partial charge in [-0.15, -0.1) is 0 Å². The Morgan fingerprint density at radius 2 is 1.90 bits per heavy atom. The molecule has 0 aliphatic rings. The van der Waals surface area contributed by atoms with Gasteiger partial charge in [-0.2, -0.15) is 0 Å². The van der Waals surface area contributed by atoms with Crippen LogP contribution in [-0.4, -0.2) is 11.9 Å². The van der Waals surface area contributed by atoms with Gasteiger partial charge in [0.05, 0.1) is 0 Å². The number of hydrogen-bond donors (Lipinski definition) is 1. The highest BCUT2D eigenvalue weighted by atomic mass is 15.1. The summed E-state index contributed by atoms with van der Waals surface area (Å²) in [4.78, 5) is 2.25. The molecule has 0 bridgehead atoms. The van der Waals surface area contributed by atoms with Crippen molar-refractivity contribution >= 4 is 10.8 Å². The van der Waals surface area contributed by atoms with E-state index in [1.54, 1.807) is 0 Å². The normalized spacial score (nSPS) is 12.1. The summed E-state index contributed by atoms with van der Waals surface area (Å²) in [6.45, 7) is 5.07. The molecule has 0 heterocycles. The summed E-state index contributed by atoms with van der Waals surface area (Å²) >= 11 is 0. The van der Waals surface area contributed by atoms with E-state index >= 15 is 0 Å². The highest BCUT2D eigenvalue weighted by Crippen LogP contribution is 2.21. The van der Waals surface area contributed by atoms with Crippen molar-refractivity contribution in [3.05, 3.63) is 72.2 Å². The highest BCUT2D eigenvalue weighted by Gasteiger charge is 2.06. The molecule has 2 rings (SSSR count). The quantitative estimate of drug-likeness (QED) is 0.870. The second kappa shape index (κ2) is 6.80. The van der Waals surface area contributed by atoms with Crippen LogP contribution in [0, 0.1) is 0 Å². The first-order valence-electron chi connectivity index (χ1n) is 6.96. The van der Waals surface area contributed by atoms with Gasteiger partial charge in [0.1, 0.15) is 0 Å². The Kier molecular flexibility index (Phi) is 4.83. The third-order valence-electron chi connectivity index (χ3n) is 3.51. The van der Waals surface area contributed by atoms with Crippen LogP contribution < -0.4 is 5.32 Å². The summed E-state index contributed by atoms with van der Waals surface area (Å²) in [6, 6.07) is 15.0. The van der Waals surface area contributed by atoms with Gasteiger partial charge in [-0.3, -0.25) is 0 Å². The predicted octanol–water partition coefficient (Wildman–Crippen LogP) is 4.26. The zero-order valence-electron chi connectivity index (χ0n) is 12.4. The Bertz CT molecular complexity index is 621. The van der Waals surface area contributed by atoms with Crippen molar-refractivity contribution in [3.8, 4) is 0 Å². The molecule has 2 aromatic carbocycles. The molecule has 0 saturated heterocycles. The minimum atomic E-state index is 0.871. The van der Waals surface area contributed by atoms with Crippen molar-refractivity contribution in [1.29, 1.82) is 0 Å². The van der Waals surface area contributed by atoms with Crippen LogP contribution >= 0.6 is 0 Å². The van der Waals surface area contributed by atoms with Gasteiger partial charge in [0.15, 0.2) is 0 Å². The van der Waals surface area contributed by atoms with Crippen molar-refractivity contribution < 1.29 is 0 Å². The lowest BCUT2D eigenvalue weighted by molar-refractivity contribution is 0.458. The second-order valence-corrected chi connectivity index (χ2v) is 4.80. The molecule has 0 saturated carbocycles. The largest absolute Gasteiger partial charge is 0.393 e. The van der Waals surface area contributed by atoms with Crippen molar-refractivity contribution in [3.63, 3.8) is 0 Å². The second-order valence-electron chi connectivity index (χ2n) is 4.80. The molecule has 0 unspecified atom stereocenters. The summed E-state index contributed by atoms with van der Waals surface area (Å²) in [6.07, 6.45) is 6.17. The summed E-state index contributed by atoms with van der Waals surface area (Å²) in [5, 5.41) is 5.66. The monoisotopic (exact) mass is 266 g/mol. The third-order valence-corrected chi connectivity index (χ3v) is 3.51. The smallest absolute Gasteiger partial charge is 0.0479 e. The van der Waals surface area contributed by atoms with Gasteiger partial charge in [0.25, 0.3) is 0 Å². The van der Waals surface area contributed by atoms with Crippen LogP contribution in [-0.2, 0) is 6.54 Å². The fourth-order valence-corrected chi connectivity index (χ4v) is 2.24. The molecule has 20 heavy (non-hydrogen) atoms. The van der Waals surface area contributed by atoms with Gasteiger partial charge in [-0.05, 0) is 30.2 Å². The van der Waals surface area contributed by atoms with E-state index in [1.165, 1.54) is 22.0 Å². The maximum absolute atomic E-state index is 3.05. The van der Waals surface area contributed by atoms with Crippen LogP contribution in [0.3, 0.4) is 0 Å². The zero-order chi connectivity index (χ0) is 14.4. The van der Waals surface area contributed by atoms with Crippen LogP contribution in [0.15, 0.2) is 66.6 Å². The number of fused-ring (bicyclic) bond motifs is 1. The lowest BCUT2D eigenvalue weighted by atomic mass is 10.0. The molecule has 0 aliphatic carbocycles. The van der Waals surface area contributed by atoms with E-state index in [4.69, 9.17) is 0 Å². The van der Waals surface area contributed by atoms with Crippen molar-refractivity contribution in [1.82, 2.24) is 10.2 Å². The number of rotatable bonds is 5. The van der Waals surface area contributed by atoms with E-state index in [1.807, 2.05) is 13.2 Å². The van der Waals surface area contributed by atoms with Gasteiger partial charge in [-0.25, -0.2) is 0 Å². The first kappa shape index (κ1) is 14.2. The van der Waals surface area contributed by atoms with E-state index in [-0.39, 0.29) is 0 Å². The molecule has 0 fully saturated rings. The van der Waals surface area contributed by atoms with Crippen LogP contribution in [0.2, 0.25) is 0 Å². The number of nitrogens with one attached hydrogen (secondary N) is 1. The molecule has 0 amide bonds. The average Bonchev–Trinajstić information content (AvgIpc) is 2.50. The van der Waals surface area contributed by atoms with E-state index in [0.717, 1.165) is 6.54 Å². The topological polar surface area (TPSA) is 15.3 Å². The lowest BCUT2D eigenvalue weighted by Gasteiger charge is -2.22. The standard InChI is InChI=1S/C18H22N2/c1-4-15(2)20(13-12-19-3)14-17-10-7-9-16-8-5-6-11-18(16)17/h4-13,19H,14H2,1-3H3/b13-12-,15-4+. The minimum Gasteiger partial charge on any atom is -0.393 e. The molecular weight excluding hydrogens is 244 g/mol. The summed E-state index contributed by atoms with van der Waals surface area (Å²) in [7, 11) is 1.91. The molecule has 0 aromatic heterocycles. The SMILES string of the molecule is C/C=C(\C)N(/C=C\NC)Cc1cccc2ccccc12. The van der Waals surface area contributed by atoms with E-state index < -0.39 is 0 Å². The number of hydrogen-bond acceptors (Lipinski definition) is 2. The maximum Gasteiger partial charge on any atom is 0.0479 e. The van der Waals surface area contributed by atoms with Gasteiger partial charge in [0, 0.05) is 31.7 Å². The molecule has 2 aromatic rings. The first-order valence-corrected chi connectivity index (χ1v) is 6.96. The molecule has 104 valence electrons. The Labute approximate surface area is 121 Å². The Morgan fingerprint density at radius 1 is 1.15 bits per heavy atom. The molecule has 0 spiro atoms. The lowest BCUT2D eigenvalue weighted by Crippen LogP contribution is -2.15. The Morgan fingerprint density at radius 3 is 2.65 bits per heavy atom. The minimum absolute atomic E-state index is 0.871. The predicted molar refractivity (Wildman–Crippen MR) is 87.1 cm³/mol. The Hall–Kier alpha value is -2.22. The molecular formula is C18H22N2. The average molecular weight is 266 g/mol. The fourth-order valence-electron chi connectivity index (χ4n) is 2.24. The summed E-state index contributed by atoms with van der Waals surface area (Å²) < 4.78 is 0. The van der Waals surface area contributed by atoms with E-state index in [0.29, 0.717) is 0 Å². The van der Waals surface area contributed by atoms with Crippen molar-refractivity contribution in [2.45, 2.75) is 20.4 Å². The zero-order valence-corrected chi connectivity index (χ0v) is 12.4. The molecule has 1 N–H and O–H groups in total. The number of nitrogens with zero attached hydrogens (tertiary/aromatic N) is 1. The maximum atomic E-state index is 3.05. The molecule has 2 nitrogen and oxygen atoms in total. The number of allylic oxidation sites excluding steroid dienone is 2. The summed E-state index contributed by atoms with van der Waals surface area (Å²) in [5.41, 5.74) is 2.58. The molecule has 2 heteroatoms. The van der Waals surface area contributed by atoms with Gasteiger partial charge in [0.2, 0.25) is 0 Å². The molecule has 0 atom stereocenters. The number of benzene rings is 2. The summed E-state index contributed by atoms with van der Waals surface area (Å²) in [5.74, 6) is 0. The first-order chi connectivity index (χ1) is 9.76. The van der Waals surface area contributed by atoms with Crippen LogP contribution in [0.1, 0.15) is 19.4 Å². The molecule has 0 aliphatic heterocycles. The van der Waals surface area contributed by atoms with Crippen LogP contribution in [0.4, 0.5) is 0 Å². The third kappa shape index (κ3) is 3.21. The highest BCUT2D eigenvalue weighted by molar-refractivity contribution is 5.85. The molecule has 0 radical (unpaired) electrons. The van der Waals surface area contributed by atoms with E-state index in [2.05, 4.69) is 78.8 Å². The Balaban J connectivity index is 2.35.